The molecular weight excluding hydrogens is 210 g/mol. The quantitative estimate of drug-likeness (QED) is 0.799. The van der Waals surface area contributed by atoms with Crippen molar-refractivity contribution in [3.8, 4) is 6.07 Å². The highest BCUT2D eigenvalue weighted by Gasteiger charge is 2.10. The van der Waals surface area contributed by atoms with Crippen LogP contribution in [0.3, 0.4) is 0 Å². The number of nitrogens with two attached hydrogens (primary N) is 1. The van der Waals surface area contributed by atoms with E-state index in [1.54, 1.807) is 0 Å². The third-order valence-electron chi connectivity index (χ3n) is 2.18. The molecule has 0 radical (unpaired) electrons. The SMILES string of the molecule is CCC/C(C#N)=C(/N)c1cc(F)ccc1F. The van der Waals surface area contributed by atoms with E-state index in [1.807, 2.05) is 13.0 Å². The van der Waals surface area contributed by atoms with E-state index < -0.39 is 11.6 Å². The van der Waals surface area contributed by atoms with Gasteiger partial charge in [-0.15, -0.1) is 0 Å². The van der Waals surface area contributed by atoms with Crippen LogP contribution in [-0.4, -0.2) is 0 Å². The largest absolute Gasteiger partial charge is 0.397 e. The molecule has 0 saturated carbocycles. The summed E-state index contributed by atoms with van der Waals surface area (Å²) >= 11 is 0. The average molecular weight is 222 g/mol. The van der Waals surface area contributed by atoms with Gasteiger partial charge in [-0.3, -0.25) is 0 Å². The predicted octanol–water partition coefficient (Wildman–Crippen LogP) is 2.96. The van der Waals surface area contributed by atoms with Gasteiger partial charge in [0.1, 0.15) is 11.6 Å². The number of hydrogen-bond donors (Lipinski definition) is 1. The van der Waals surface area contributed by atoms with Gasteiger partial charge in [0.2, 0.25) is 0 Å². The van der Waals surface area contributed by atoms with Crippen LogP contribution in [0.4, 0.5) is 8.78 Å². The fourth-order valence-corrected chi connectivity index (χ4v) is 1.37. The molecule has 2 nitrogen and oxygen atoms in total. The van der Waals surface area contributed by atoms with Crippen LogP contribution in [0.2, 0.25) is 0 Å². The minimum absolute atomic E-state index is 0.0151. The summed E-state index contributed by atoms with van der Waals surface area (Å²) in [6.45, 7) is 1.88. The first-order valence-electron chi connectivity index (χ1n) is 4.94. The molecule has 1 rings (SSSR count). The Kier molecular flexibility index (Phi) is 4.01. The van der Waals surface area contributed by atoms with Crippen molar-refractivity contribution in [2.24, 2.45) is 5.73 Å². The zero-order chi connectivity index (χ0) is 12.1. The highest BCUT2D eigenvalue weighted by atomic mass is 19.1. The van der Waals surface area contributed by atoms with E-state index in [2.05, 4.69) is 0 Å². The molecule has 0 heterocycles. The van der Waals surface area contributed by atoms with Crippen LogP contribution in [-0.2, 0) is 0 Å². The monoisotopic (exact) mass is 222 g/mol. The number of nitriles is 1. The van der Waals surface area contributed by atoms with E-state index in [1.165, 1.54) is 0 Å². The first-order valence-corrected chi connectivity index (χ1v) is 4.94. The second kappa shape index (κ2) is 5.26. The van der Waals surface area contributed by atoms with Crippen molar-refractivity contribution in [1.29, 1.82) is 5.26 Å². The van der Waals surface area contributed by atoms with Crippen LogP contribution in [0.1, 0.15) is 25.3 Å². The van der Waals surface area contributed by atoms with Crippen molar-refractivity contribution in [2.75, 3.05) is 0 Å². The molecule has 0 atom stereocenters. The Morgan fingerprint density at radius 3 is 2.69 bits per heavy atom. The molecule has 0 saturated heterocycles. The van der Waals surface area contributed by atoms with E-state index >= 15 is 0 Å². The molecule has 0 fully saturated rings. The molecule has 0 aliphatic carbocycles. The molecule has 2 N–H and O–H groups in total. The van der Waals surface area contributed by atoms with E-state index in [0.29, 0.717) is 6.42 Å². The molecule has 0 bridgehead atoms. The topological polar surface area (TPSA) is 49.8 Å². The standard InChI is InChI=1S/C12H12F2N2/c1-2-3-8(7-15)12(16)10-6-9(13)4-5-11(10)14/h4-6H,2-3,16H2,1H3/b12-8-. The number of rotatable bonds is 3. The Hall–Kier alpha value is -1.89. The van der Waals surface area contributed by atoms with E-state index in [-0.39, 0.29) is 16.8 Å². The highest BCUT2D eigenvalue weighted by molar-refractivity contribution is 5.69. The Labute approximate surface area is 93.0 Å². The fraction of sp³-hybridized carbons (Fsp3) is 0.250. The molecule has 1 aromatic rings. The highest BCUT2D eigenvalue weighted by Crippen LogP contribution is 2.20. The number of hydrogen-bond acceptors (Lipinski definition) is 2. The second-order valence-electron chi connectivity index (χ2n) is 3.38. The lowest BCUT2D eigenvalue weighted by Crippen LogP contribution is -2.04. The summed E-state index contributed by atoms with van der Waals surface area (Å²) in [5.74, 6) is -1.20. The summed E-state index contributed by atoms with van der Waals surface area (Å²) in [6.07, 6.45) is 1.18. The Morgan fingerprint density at radius 1 is 1.44 bits per heavy atom. The first kappa shape index (κ1) is 12.2. The van der Waals surface area contributed by atoms with E-state index in [0.717, 1.165) is 24.6 Å². The van der Waals surface area contributed by atoms with Gasteiger partial charge >= 0.3 is 0 Å². The molecule has 1 aromatic carbocycles. The smallest absolute Gasteiger partial charge is 0.132 e. The molecular formula is C12H12F2N2. The average Bonchev–Trinajstić information content (AvgIpc) is 2.28. The molecule has 0 aliphatic rings. The molecule has 4 heteroatoms. The van der Waals surface area contributed by atoms with Gasteiger partial charge in [0, 0.05) is 5.56 Å². The summed E-state index contributed by atoms with van der Waals surface area (Å²) in [4.78, 5) is 0. The molecule has 0 aliphatic heterocycles. The third-order valence-corrected chi connectivity index (χ3v) is 2.18. The molecule has 0 spiro atoms. The summed E-state index contributed by atoms with van der Waals surface area (Å²) in [5, 5.41) is 8.84. The Morgan fingerprint density at radius 2 is 2.12 bits per heavy atom. The van der Waals surface area contributed by atoms with Crippen LogP contribution < -0.4 is 5.73 Å². The minimum Gasteiger partial charge on any atom is -0.397 e. The maximum absolute atomic E-state index is 13.4. The molecule has 84 valence electrons. The van der Waals surface area contributed by atoms with Gasteiger partial charge < -0.3 is 5.73 Å². The summed E-state index contributed by atoms with van der Waals surface area (Å²) in [7, 11) is 0. The van der Waals surface area contributed by atoms with Crippen molar-refractivity contribution in [1.82, 2.24) is 0 Å². The molecule has 0 amide bonds. The van der Waals surface area contributed by atoms with Crippen molar-refractivity contribution in [3.05, 3.63) is 41.0 Å². The Balaban J connectivity index is 3.27. The molecule has 16 heavy (non-hydrogen) atoms. The first-order chi connectivity index (χ1) is 7.60. The van der Waals surface area contributed by atoms with Gasteiger partial charge in [-0.1, -0.05) is 13.3 Å². The van der Waals surface area contributed by atoms with Gasteiger partial charge in [0.15, 0.2) is 0 Å². The lowest BCUT2D eigenvalue weighted by molar-refractivity contribution is 0.596. The van der Waals surface area contributed by atoms with Crippen molar-refractivity contribution < 1.29 is 8.78 Å². The van der Waals surface area contributed by atoms with Gasteiger partial charge in [0.05, 0.1) is 17.3 Å². The number of allylic oxidation sites excluding steroid dienone is 1. The lowest BCUT2D eigenvalue weighted by atomic mass is 10.0. The molecule has 0 unspecified atom stereocenters. The van der Waals surface area contributed by atoms with Crippen LogP contribution >= 0.6 is 0 Å². The van der Waals surface area contributed by atoms with Crippen LogP contribution in [0.15, 0.2) is 23.8 Å². The van der Waals surface area contributed by atoms with Crippen molar-refractivity contribution in [3.63, 3.8) is 0 Å². The number of nitrogens with zero attached hydrogens (tertiary/aromatic N) is 1. The normalized spacial score (nSPS) is 11.9. The summed E-state index contributed by atoms with van der Waals surface area (Å²) < 4.78 is 26.3. The van der Waals surface area contributed by atoms with Gasteiger partial charge in [-0.25, -0.2) is 8.78 Å². The van der Waals surface area contributed by atoms with Gasteiger partial charge in [-0.2, -0.15) is 5.26 Å². The van der Waals surface area contributed by atoms with Crippen molar-refractivity contribution >= 4 is 5.70 Å². The lowest BCUT2D eigenvalue weighted by Gasteiger charge is -2.06. The maximum Gasteiger partial charge on any atom is 0.132 e. The summed E-state index contributed by atoms with van der Waals surface area (Å²) in [6, 6.07) is 4.92. The molecule has 0 aromatic heterocycles. The van der Waals surface area contributed by atoms with E-state index in [9.17, 15) is 8.78 Å². The third kappa shape index (κ3) is 2.57. The van der Waals surface area contributed by atoms with Gasteiger partial charge in [-0.05, 0) is 24.6 Å². The minimum atomic E-state index is -0.622. The van der Waals surface area contributed by atoms with Gasteiger partial charge in [0.25, 0.3) is 0 Å². The van der Waals surface area contributed by atoms with Crippen LogP contribution in [0, 0.1) is 23.0 Å². The maximum atomic E-state index is 13.4. The summed E-state index contributed by atoms with van der Waals surface area (Å²) in [5.41, 5.74) is 5.90. The predicted molar refractivity (Wildman–Crippen MR) is 58.0 cm³/mol. The number of halogens is 2. The van der Waals surface area contributed by atoms with Crippen molar-refractivity contribution in [2.45, 2.75) is 19.8 Å². The zero-order valence-corrected chi connectivity index (χ0v) is 8.93. The Bertz CT molecular complexity index is 459. The van der Waals surface area contributed by atoms with Crippen LogP contribution in [0.25, 0.3) is 5.70 Å². The van der Waals surface area contributed by atoms with Crippen LogP contribution in [0.5, 0.6) is 0 Å². The zero-order valence-electron chi connectivity index (χ0n) is 8.93. The fourth-order valence-electron chi connectivity index (χ4n) is 1.37. The second-order valence-corrected chi connectivity index (χ2v) is 3.38. The van der Waals surface area contributed by atoms with E-state index in [4.69, 9.17) is 11.0 Å². The number of benzene rings is 1.